The molecule has 4 aliphatic heterocycles. The summed E-state index contributed by atoms with van der Waals surface area (Å²) in [4.78, 5) is 86.7. The Labute approximate surface area is 657 Å². The third kappa shape index (κ3) is 22.5. The number of amides is 4. The number of rotatable bonds is 33. The average molecular weight is 1570 g/mol. The largest absolute Gasteiger partial charge is 0.395 e. The molecule has 588 valence electrons. The summed E-state index contributed by atoms with van der Waals surface area (Å²) in [5.74, 6) is -0.505. The van der Waals surface area contributed by atoms with Crippen molar-refractivity contribution in [2.45, 2.75) is 178 Å². The smallest absolute Gasteiger partial charge is 0.293 e. The molecular weight excluding hydrogens is 1460 g/mol. The monoisotopic (exact) mass is 1570 g/mol. The van der Waals surface area contributed by atoms with E-state index in [1.165, 1.54) is 28.8 Å². The van der Waals surface area contributed by atoms with Crippen molar-refractivity contribution in [2.75, 3.05) is 114 Å². The van der Waals surface area contributed by atoms with Crippen molar-refractivity contribution in [3.8, 4) is 10.4 Å². The topological polar surface area (TPSA) is 266 Å². The number of hydrogen-bond donors (Lipinski definition) is 6. The molecule has 22 nitrogen and oxygen atoms in total. The van der Waals surface area contributed by atoms with Gasteiger partial charge in [-0.3, -0.25) is 44.0 Å². The Morgan fingerprint density at radius 1 is 0.844 bits per heavy atom. The molecule has 5 aromatic carbocycles. The highest BCUT2D eigenvalue weighted by molar-refractivity contribution is 7.99. The van der Waals surface area contributed by atoms with Crippen LogP contribution in [-0.4, -0.2) is 211 Å². The van der Waals surface area contributed by atoms with Crippen LogP contribution in [-0.2, 0) is 24.4 Å². The number of thiazole rings is 1. The molecule has 0 saturated carbocycles. The number of nitrogens with one attached hydrogen (secondary N) is 4. The molecule has 0 bridgehead atoms. The van der Waals surface area contributed by atoms with Gasteiger partial charge in [-0.25, -0.2) is 18.1 Å². The number of aromatic nitrogens is 1. The minimum Gasteiger partial charge on any atom is -0.395 e. The number of β-amino-alcohol motifs (C(OH)–C–C–N with tert-alkyl or cyclic N) is 1. The number of halogens is 1. The number of nitrogens with zero attached hydrogens (tertiary/aromatic N) is 8. The van der Waals surface area contributed by atoms with E-state index in [1.807, 2.05) is 124 Å². The molecule has 0 radical (unpaired) electrons. The summed E-state index contributed by atoms with van der Waals surface area (Å²) >= 11 is 9.63. The third-order valence-electron chi connectivity index (χ3n) is 22.5. The van der Waals surface area contributed by atoms with E-state index in [9.17, 15) is 47.9 Å². The zero-order valence-corrected chi connectivity index (χ0v) is 67.3. The second-order valence-corrected chi connectivity index (χ2v) is 35.9. The van der Waals surface area contributed by atoms with Crippen LogP contribution >= 0.6 is 34.7 Å². The van der Waals surface area contributed by atoms with Crippen molar-refractivity contribution in [1.29, 1.82) is 0 Å². The van der Waals surface area contributed by atoms with Gasteiger partial charge in [0.25, 0.3) is 21.6 Å². The van der Waals surface area contributed by atoms with E-state index in [2.05, 4.69) is 64.3 Å². The fourth-order valence-corrected chi connectivity index (χ4v) is 19.1. The molecule has 6 aromatic rings. The maximum atomic E-state index is 14.3. The number of hydrogen-bond acceptors (Lipinski definition) is 19. The maximum Gasteiger partial charge on any atom is 0.293 e. The van der Waals surface area contributed by atoms with Crippen LogP contribution in [0.2, 0.25) is 5.02 Å². The molecule has 7 atom stereocenters. The number of thioether (sulfide) groups is 1. The number of sulfonamides is 1. The molecule has 4 fully saturated rings. The number of unbranched alkanes of at least 4 members (excludes halogenated alkanes) is 4. The Bertz CT molecular complexity index is 4190. The number of aryl methyl sites for hydroxylation is 1. The second kappa shape index (κ2) is 38.3. The van der Waals surface area contributed by atoms with Crippen LogP contribution in [0.1, 0.15) is 158 Å². The maximum absolute atomic E-state index is 14.3. The first kappa shape index (κ1) is 82.7. The molecule has 2 unspecified atom stereocenters. The van der Waals surface area contributed by atoms with Gasteiger partial charge in [0.05, 0.1) is 50.7 Å². The fourth-order valence-electron chi connectivity index (χ4n) is 16.2. The van der Waals surface area contributed by atoms with Crippen LogP contribution in [0.5, 0.6) is 0 Å². The van der Waals surface area contributed by atoms with E-state index in [1.54, 1.807) is 40.1 Å². The average Bonchev–Trinajstić information content (AvgIpc) is 1.67. The van der Waals surface area contributed by atoms with Gasteiger partial charge in [-0.15, -0.1) is 23.1 Å². The van der Waals surface area contributed by atoms with Gasteiger partial charge < -0.3 is 40.9 Å². The standard InChI is InChI=1S/C83H111ClN12O10S3/c1-58(60-21-23-62(24-22-60)77-59(2)86-57-108-77)87-80(101)75-49-69(98)53-95(75)81(102)78(82(3,4)5)85-38-15-9-7-8-13-20-76(99)94-47-43-91(44-48-94)56-83(6)37-35-72(61-25-29-65(84)30-26-61)64(51-83)52-90-41-45-93(46-42-90)67-31-27-63(28-32-67)79(100)89-109(105,106)71-33-34-73(74(50-71)96(103)104)88-66(55-107-70-18-11-10-12-19-70)36-40-92-39-16-14-17-68(92)54-97/h10-12,18-19,21-34,50,57-58,66,68-69,75,78,85,88,97-98H,7-9,13-17,20,35-49,51-56H2,1-6H3,(H,87,101)(H,89,100)/t58-,66+,68?,69+,75-,78+,83?/m0/s1. The highest BCUT2D eigenvalue weighted by atomic mass is 35.5. The highest BCUT2D eigenvalue weighted by Gasteiger charge is 2.45. The van der Waals surface area contributed by atoms with Gasteiger partial charge in [-0.05, 0) is 172 Å². The lowest BCUT2D eigenvalue weighted by Crippen LogP contribution is -2.56. The van der Waals surface area contributed by atoms with E-state index in [-0.39, 0.29) is 72.1 Å². The molecule has 6 N–H and O–H groups in total. The van der Waals surface area contributed by atoms with Crippen LogP contribution < -0.4 is 25.6 Å². The molecule has 109 heavy (non-hydrogen) atoms. The van der Waals surface area contributed by atoms with Gasteiger partial charge in [0.15, 0.2) is 0 Å². The number of nitro benzene ring substituents is 1. The molecular formula is C83H111ClN12O10S3. The minimum atomic E-state index is -4.53. The number of piperidine rings is 1. The van der Waals surface area contributed by atoms with Crippen molar-refractivity contribution in [3.05, 3.63) is 170 Å². The number of aliphatic hydroxyl groups is 2. The van der Waals surface area contributed by atoms with Crippen LogP contribution in [0.4, 0.5) is 17.1 Å². The Balaban J connectivity index is 0.603. The summed E-state index contributed by atoms with van der Waals surface area (Å²) in [6, 6.07) is 34.9. The summed E-state index contributed by atoms with van der Waals surface area (Å²) in [6.45, 7) is 22.8. The number of carbonyl (C=O) groups excluding carboxylic acids is 4. The van der Waals surface area contributed by atoms with Crippen molar-refractivity contribution in [1.82, 2.24) is 44.8 Å². The number of likely N-dealkylation sites (tertiary alicyclic amines) is 2. The van der Waals surface area contributed by atoms with Crippen LogP contribution in [0.15, 0.2) is 142 Å². The van der Waals surface area contributed by atoms with Crippen molar-refractivity contribution in [2.24, 2.45) is 10.8 Å². The normalized spacial score (nSPS) is 20.7. The zero-order chi connectivity index (χ0) is 77.4. The summed E-state index contributed by atoms with van der Waals surface area (Å²) in [5.41, 5.74) is 9.23. The minimum absolute atomic E-state index is 0.0338. The molecule has 26 heteroatoms. The first-order valence-electron chi connectivity index (χ1n) is 39.0. The molecule has 1 aromatic heterocycles. The van der Waals surface area contributed by atoms with Gasteiger partial charge in [0.2, 0.25) is 17.7 Å². The van der Waals surface area contributed by atoms with E-state index in [0.717, 1.165) is 168 Å². The first-order chi connectivity index (χ1) is 52.3. The van der Waals surface area contributed by atoms with Gasteiger partial charge in [0, 0.05) is 136 Å². The van der Waals surface area contributed by atoms with Gasteiger partial charge >= 0.3 is 0 Å². The predicted octanol–water partition coefficient (Wildman–Crippen LogP) is 12.7. The number of carbonyl (C=O) groups is 4. The summed E-state index contributed by atoms with van der Waals surface area (Å²) < 4.78 is 29.7. The second-order valence-electron chi connectivity index (χ2n) is 31.8. The zero-order valence-electron chi connectivity index (χ0n) is 64.1. The van der Waals surface area contributed by atoms with Crippen molar-refractivity contribution < 1.29 is 42.7 Å². The van der Waals surface area contributed by atoms with Crippen LogP contribution in [0.25, 0.3) is 16.0 Å². The van der Waals surface area contributed by atoms with E-state index in [4.69, 9.17) is 11.6 Å². The SMILES string of the molecule is Cc1ncsc1-c1ccc([C@H](C)NC(=O)[C@@H]2C[C@@H](O)CN2C(=O)[C@@H](NCCCCCCCC(=O)N2CCN(CC3(C)CCC(c4ccc(Cl)cc4)=C(CN4CCN(c5ccc(C(=O)NS(=O)(=O)c6ccc(N[C@H](CCN7CCCCC7CO)CSc7ccccc7)c([N+](=O)[O-])c6)cc5)CC4)C3)CC2)C(C)(C)C)cc1. The number of anilines is 2. The highest BCUT2D eigenvalue weighted by Crippen LogP contribution is 2.45. The number of benzene rings is 5. The van der Waals surface area contributed by atoms with Crippen LogP contribution in [0, 0.1) is 27.9 Å². The van der Waals surface area contributed by atoms with Gasteiger partial charge in [0.1, 0.15) is 11.7 Å². The Kier molecular flexibility index (Phi) is 29.0. The molecule has 11 rings (SSSR count). The molecule has 4 amide bonds. The molecule has 1 aliphatic carbocycles. The lowest BCUT2D eigenvalue weighted by Gasteiger charge is -2.44. The Morgan fingerprint density at radius 3 is 2.23 bits per heavy atom. The van der Waals surface area contributed by atoms with E-state index in [0.29, 0.717) is 49.8 Å². The summed E-state index contributed by atoms with van der Waals surface area (Å²) in [6.07, 6.45) is 11.1. The van der Waals surface area contributed by atoms with Crippen molar-refractivity contribution in [3.63, 3.8) is 0 Å². The quantitative estimate of drug-likeness (QED) is 0.00967. The Hall–Kier alpha value is -7.30. The molecule has 0 spiro atoms. The number of nitro groups is 1. The summed E-state index contributed by atoms with van der Waals surface area (Å²) in [5, 5.41) is 44.2. The lowest BCUT2D eigenvalue weighted by atomic mass is 9.71. The van der Waals surface area contributed by atoms with Crippen LogP contribution in [0.3, 0.4) is 0 Å². The summed E-state index contributed by atoms with van der Waals surface area (Å²) in [7, 11) is -4.53. The predicted molar refractivity (Wildman–Crippen MR) is 436 cm³/mol. The van der Waals surface area contributed by atoms with E-state index < -0.39 is 55.0 Å². The number of allylic oxidation sites excluding steroid dienone is 1. The first-order valence-corrected chi connectivity index (χ1v) is 42.7. The third-order valence-corrected chi connectivity index (χ3v) is 26.2. The molecule has 5 aliphatic rings. The van der Waals surface area contributed by atoms with Crippen molar-refractivity contribution >= 4 is 91.0 Å². The van der Waals surface area contributed by atoms with E-state index >= 15 is 0 Å². The van der Waals surface area contributed by atoms with Gasteiger partial charge in [-0.1, -0.05) is 125 Å². The van der Waals surface area contributed by atoms with Gasteiger partial charge in [-0.2, -0.15) is 0 Å². The fraction of sp³-hybridized carbons (Fsp3) is 0.530. The number of aliphatic hydroxyl groups excluding tert-OH is 2. The number of piperazine rings is 2. The molecule has 4 saturated heterocycles. The Morgan fingerprint density at radius 2 is 1.54 bits per heavy atom. The molecule has 5 heterocycles. The lowest BCUT2D eigenvalue weighted by molar-refractivity contribution is -0.384.